The lowest BCUT2D eigenvalue weighted by Gasteiger charge is -2.42. The average molecular weight is 258 g/mol. The van der Waals surface area contributed by atoms with Gasteiger partial charge in [-0.2, -0.15) is 11.8 Å². The minimum Gasteiger partial charge on any atom is -0.300 e. The monoisotopic (exact) mass is 258 g/mol. The van der Waals surface area contributed by atoms with Crippen molar-refractivity contribution in [1.29, 1.82) is 0 Å². The Labute approximate surface area is 112 Å². The first-order chi connectivity index (χ1) is 7.68. The van der Waals surface area contributed by atoms with E-state index in [1.807, 2.05) is 0 Å². The van der Waals surface area contributed by atoms with Crippen LogP contribution in [0.1, 0.15) is 41.5 Å². The molecular formula is C14H30N2S. The standard InChI is InChI=1S/C14H30N2S/c1-13(2,3)16-9-7-15(8-10-16)11-12-17-14(4,5)6/h7-12H2,1-6H3. The highest BCUT2D eigenvalue weighted by atomic mass is 32.2. The first-order valence-electron chi connectivity index (χ1n) is 6.80. The lowest BCUT2D eigenvalue weighted by atomic mass is 10.1. The van der Waals surface area contributed by atoms with E-state index in [1.165, 1.54) is 38.5 Å². The molecule has 0 radical (unpaired) electrons. The van der Waals surface area contributed by atoms with Gasteiger partial charge >= 0.3 is 0 Å². The van der Waals surface area contributed by atoms with E-state index in [2.05, 4.69) is 63.1 Å². The molecule has 17 heavy (non-hydrogen) atoms. The van der Waals surface area contributed by atoms with Crippen LogP contribution in [0.3, 0.4) is 0 Å². The molecule has 0 amide bonds. The molecule has 1 rings (SSSR count). The molecule has 1 aliphatic rings. The largest absolute Gasteiger partial charge is 0.300 e. The molecule has 1 saturated heterocycles. The van der Waals surface area contributed by atoms with Crippen LogP contribution in [0.5, 0.6) is 0 Å². The van der Waals surface area contributed by atoms with Crippen molar-refractivity contribution in [3.8, 4) is 0 Å². The zero-order valence-electron chi connectivity index (χ0n) is 12.5. The van der Waals surface area contributed by atoms with Crippen LogP contribution < -0.4 is 0 Å². The zero-order valence-corrected chi connectivity index (χ0v) is 13.4. The van der Waals surface area contributed by atoms with Crippen molar-refractivity contribution in [2.45, 2.75) is 51.8 Å². The Kier molecular flexibility index (Phi) is 5.36. The van der Waals surface area contributed by atoms with Crippen molar-refractivity contribution in [2.75, 3.05) is 38.5 Å². The summed E-state index contributed by atoms with van der Waals surface area (Å²) in [4.78, 5) is 5.21. The molecule has 0 unspecified atom stereocenters. The Bertz CT molecular complexity index is 217. The van der Waals surface area contributed by atoms with Gasteiger partial charge < -0.3 is 0 Å². The molecule has 102 valence electrons. The van der Waals surface area contributed by atoms with Crippen molar-refractivity contribution in [2.24, 2.45) is 0 Å². The van der Waals surface area contributed by atoms with Gasteiger partial charge in [-0.25, -0.2) is 0 Å². The lowest BCUT2D eigenvalue weighted by molar-refractivity contribution is 0.0652. The first-order valence-corrected chi connectivity index (χ1v) is 7.78. The molecule has 0 atom stereocenters. The maximum atomic E-state index is 2.61. The topological polar surface area (TPSA) is 6.48 Å². The molecule has 0 aromatic carbocycles. The Balaban J connectivity index is 2.20. The fraction of sp³-hybridized carbons (Fsp3) is 1.00. The minimum absolute atomic E-state index is 0.340. The molecule has 1 fully saturated rings. The predicted molar refractivity (Wildman–Crippen MR) is 80.0 cm³/mol. The van der Waals surface area contributed by atoms with E-state index >= 15 is 0 Å². The van der Waals surface area contributed by atoms with Gasteiger partial charge in [-0.15, -0.1) is 0 Å². The fourth-order valence-corrected chi connectivity index (χ4v) is 3.09. The van der Waals surface area contributed by atoms with Crippen molar-refractivity contribution < 1.29 is 0 Å². The molecule has 1 aliphatic heterocycles. The molecule has 2 nitrogen and oxygen atoms in total. The Morgan fingerprint density at radius 1 is 0.882 bits per heavy atom. The first kappa shape index (κ1) is 15.3. The van der Waals surface area contributed by atoms with E-state index in [-0.39, 0.29) is 0 Å². The lowest BCUT2D eigenvalue weighted by Crippen LogP contribution is -2.53. The molecule has 0 aromatic rings. The molecule has 0 N–H and O–H groups in total. The molecule has 0 aromatic heterocycles. The van der Waals surface area contributed by atoms with Gasteiger partial charge in [0.25, 0.3) is 0 Å². The third-order valence-electron chi connectivity index (χ3n) is 3.26. The SMILES string of the molecule is CC(C)(C)SCCN1CCN(C(C)(C)C)CC1. The summed E-state index contributed by atoms with van der Waals surface area (Å²) in [5, 5.41) is 0. The second-order valence-corrected chi connectivity index (χ2v) is 8.88. The van der Waals surface area contributed by atoms with E-state index in [1.54, 1.807) is 0 Å². The van der Waals surface area contributed by atoms with E-state index in [4.69, 9.17) is 0 Å². The van der Waals surface area contributed by atoms with E-state index in [0.29, 0.717) is 10.3 Å². The second kappa shape index (κ2) is 5.94. The predicted octanol–water partition coefficient (Wildman–Crippen LogP) is 2.93. The Morgan fingerprint density at radius 3 is 1.82 bits per heavy atom. The van der Waals surface area contributed by atoms with Gasteiger partial charge in [0.15, 0.2) is 0 Å². The van der Waals surface area contributed by atoms with Crippen LogP contribution in [0.4, 0.5) is 0 Å². The van der Waals surface area contributed by atoms with Crippen LogP contribution >= 0.6 is 11.8 Å². The zero-order chi connectivity index (χ0) is 13.1. The van der Waals surface area contributed by atoms with Crippen molar-refractivity contribution >= 4 is 11.8 Å². The summed E-state index contributed by atoms with van der Waals surface area (Å²) in [5.74, 6) is 1.26. The number of hydrogen-bond donors (Lipinski definition) is 0. The van der Waals surface area contributed by atoms with Crippen LogP contribution in [0.15, 0.2) is 0 Å². The van der Waals surface area contributed by atoms with Crippen LogP contribution in [0.2, 0.25) is 0 Å². The normalized spacial score (nSPS) is 20.8. The highest BCUT2D eigenvalue weighted by molar-refractivity contribution is 8.00. The minimum atomic E-state index is 0.340. The quantitative estimate of drug-likeness (QED) is 0.768. The van der Waals surface area contributed by atoms with E-state index in [0.717, 1.165) is 0 Å². The van der Waals surface area contributed by atoms with Gasteiger partial charge in [-0.3, -0.25) is 9.80 Å². The van der Waals surface area contributed by atoms with Crippen molar-refractivity contribution in [3.63, 3.8) is 0 Å². The second-order valence-electron chi connectivity index (χ2n) is 6.96. The van der Waals surface area contributed by atoms with Gasteiger partial charge in [0, 0.05) is 48.8 Å². The number of thioether (sulfide) groups is 1. The van der Waals surface area contributed by atoms with Crippen LogP contribution in [0.25, 0.3) is 0 Å². The van der Waals surface area contributed by atoms with Gasteiger partial charge in [0.05, 0.1) is 0 Å². The molecule has 0 aliphatic carbocycles. The molecule has 0 spiro atoms. The summed E-state index contributed by atoms with van der Waals surface area (Å²) in [6, 6.07) is 0. The van der Waals surface area contributed by atoms with Crippen LogP contribution in [0, 0.1) is 0 Å². The summed E-state index contributed by atoms with van der Waals surface area (Å²) in [6.07, 6.45) is 0. The maximum absolute atomic E-state index is 2.61. The van der Waals surface area contributed by atoms with Crippen LogP contribution in [-0.2, 0) is 0 Å². The molecule has 0 saturated carbocycles. The van der Waals surface area contributed by atoms with Gasteiger partial charge in [-0.05, 0) is 20.8 Å². The summed E-state index contributed by atoms with van der Waals surface area (Å²) in [5.41, 5.74) is 0.340. The number of piperazine rings is 1. The highest BCUT2D eigenvalue weighted by Crippen LogP contribution is 2.23. The average Bonchev–Trinajstić information content (AvgIpc) is 2.15. The Hall–Kier alpha value is 0.270. The van der Waals surface area contributed by atoms with Crippen molar-refractivity contribution in [1.82, 2.24) is 9.80 Å². The number of nitrogens with zero attached hydrogens (tertiary/aromatic N) is 2. The van der Waals surface area contributed by atoms with E-state index < -0.39 is 0 Å². The molecule has 3 heteroatoms. The molecule has 0 bridgehead atoms. The number of rotatable bonds is 3. The van der Waals surface area contributed by atoms with Crippen LogP contribution in [-0.4, -0.2) is 58.6 Å². The molecule has 1 heterocycles. The van der Waals surface area contributed by atoms with Gasteiger partial charge in [0.1, 0.15) is 0 Å². The summed E-state index contributed by atoms with van der Waals surface area (Å²) in [7, 11) is 0. The Morgan fingerprint density at radius 2 is 1.41 bits per heavy atom. The summed E-state index contributed by atoms with van der Waals surface area (Å²) >= 11 is 2.08. The highest BCUT2D eigenvalue weighted by Gasteiger charge is 2.25. The van der Waals surface area contributed by atoms with Gasteiger partial charge in [0.2, 0.25) is 0 Å². The third kappa shape index (κ3) is 6.12. The van der Waals surface area contributed by atoms with Gasteiger partial charge in [-0.1, -0.05) is 20.8 Å². The molecular weight excluding hydrogens is 228 g/mol. The number of hydrogen-bond acceptors (Lipinski definition) is 3. The van der Waals surface area contributed by atoms with E-state index in [9.17, 15) is 0 Å². The smallest absolute Gasteiger partial charge is 0.0126 e. The summed E-state index contributed by atoms with van der Waals surface area (Å²) in [6.45, 7) is 20.0. The fourth-order valence-electron chi connectivity index (χ4n) is 2.12. The maximum Gasteiger partial charge on any atom is 0.0126 e. The summed E-state index contributed by atoms with van der Waals surface area (Å²) < 4.78 is 0.410. The van der Waals surface area contributed by atoms with Crippen molar-refractivity contribution in [3.05, 3.63) is 0 Å². The third-order valence-corrected chi connectivity index (χ3v) is 4.52.